The van der Waals surface area contributed by atoms with Gasteiger partial charge in [-0.2, -0.15) is 0 Å². The molecule has 0 saturated carbocycles. The molecule has 1 fully saturated rings. The summed E-state index contributed by atoms with van der Waals surface area (Å²) in [5, 5.41) is 0.957. The SMILES string of the molecule is COC(=O)CC[C@@]1(C(=O)OC)C[C@@H](OC(C)(C)C)ON1C(C)=O. The lowest BCUT2D eigenvalue weighted by Gasteiger charge is -2.31. The topological polar surface area (TPSA) is 91.4 Å². The standard InChI is InChI=1S/C15H25NO7/c1-10(17)16-15(13(19)21-6,8-7-11(18)20-5)9-12(23-16)22-14(2,3)4/h12H,7-9H2,1-6H3/t12-,15-/m0/s1. The summed E-state index contributed by atoms with van der Waals surface area (Å²) in [6.07, 6.45) is -0.750. The van der Waals surface area contributed by atoms with Crippen LogP contribution in [0, 0.1) is 0 Å². The first-order valence-electron chi connectivity index (χ1n) is 7.36. The third kappa shape index (κ3) is 4.65. The van der Waals surface area contributed by atoms with Gasteiger partial charge in [0.15, 0.2) is 11.8 Å². The minimum atomic E-state index is -1.41. The van der Waals surface area contributed by atoms with Crippen LogP contribution in [0.1, 0.15) is 47.0 Å². The molecule has 23 heavy (non-hydrogen) atoms. The number of hydrogen-bond acceptors (Lipinski definition) is 7. The lowest BCUT2D eigenvalue weighted by molar-refractivity contribution is -0.264. The maximum absolute atomic E-state index is 12.4. The summed E-state index contributed by atoms with van der Waals surface area (Å²) in [5.41, 5.74) is -1.94. The predicted molar refractivity (Wildman–Crippen MR) is 78.8 cm³/mol. The molecule has 8 nitrogen and oxygen atoms in total. The van der Waals surface area contributed by atoms with Gasteiger partial charge >= 0.3 is 11.9 Å². The highest BCUT2D eigenvalue weighted by Gasteiger charge is 2.56. The van der Waals surface area contributed by atoms with E-state index in [1.54, 1.807) is 0 Å². The van der Waals surface area contributed by atoms with Gasteiger partial charge in [-0.25, -0.2) is 14.7 Å². The van der Waals surface area contributed by atoms with E-state index in [2.05, 4.69) is 4.74 Å². The fraction of sp³-hybridized carbons (Fsp3) is 0.800. The van der Waals surface area contributed by atoms with Crippen molar-refractivity contribution in [3.63, 3.8) is 0 Å². The molecule has 0 radical (unpaired) electrons. The van der Waals surface area contributed by atoms with E-state index in [4.69, 9.17) is 14.3 Å². The van der Waals surface area contributed by atoms with Gasteiger partial charge < -0.3 is 14.2 Å². The molecule has 1 amide bonds. The summed E-state index contributed by atoms with van der Waals surface area (Å²) in [6.45, 7) is 6.78. The fourth-order valence-electron chi connectivity index (χ4n) is 2.52. The van der Waals surface area contributed by atoms with Crippen LogP contribution in [0.5, 0.6) is 0 Å². The number of nitrogens with zero attached hydrogens (tertiary/aromatic N) is 1. The fourth-order valence-corrected chi connectivity index (χ4v) is 2.52. The minimum absolute atomic E-state index is 0.0237. The summed E-state index contributed by atoms with van der Waals surface area (Å²) >= 11 is 0. The lowest BCUT2D eigenvalue weighted by Crippen LogP contribution is -2.52. The molecular weight excluding hydrogens is 306 g/mol. The molecule has 1 heterocycles. The number of hydrogen-bond donors (Lipinski definition) is 0. The van der Waals surface area contributed by atoms with Gasteiger partial charge in [-0.15, -0.1) is 0 Å². The van der Waals surface area contributed by atoms with Gasteiger partial charge in [-0.05, 0) is 27.2 Å². The average molecular weight is 331 g/mol. The van der Waals surface area contributed by atoms with Crippen LogP contribution in [0.2, 0.25) is 0 Å². The molecule has 2 atom stereocenters. The molecule has 0 aromatic heterocycles. The summed E-state index contributed by atoms with van der Waals surface area (Å²) in [7, 11) is 2.48. The molecular formula is C15H25NO7. The number of methoxy groups -OCH3 is 2. The van der Waals surface area contributed by atoms with Gasteiger partial charge in [0.05, 0.1) is 19.8 Å². The molecule has 1 saturated heterocycles. The number of hydroxylamine groups is 2. The monoisotopic (exact) mass is 331 g/mol. The van der Waals surface area contributed by atoms with Crippen molar-refractivity contribution in [1.82, 2.24) is 5.06 Å². The third-order valence-corrected chi connectivity index (χ3v) is 3.42. The van der Waals surface area contributed by atoms with Crippen LogP contribution in [-0.2, 0) is 33.4 Å². The molecule has 0 spiro atoms. The van der Waals surface area contributed by atoms with Crippen LogP contribution in [-0.4, -0.2) is 54.6 Å². The van der Waals surface area contributed by atoms with Crippen molar-refractivity contribution in [2.75, 3.05) is 14.2 Å². The first-order chi connectivity index (χ1) is 10.6. The summed E-state index contributed by atoms with van der Waals surface area (Å²) in [6, 6.07) is 0. The Bertz CT molecular complexity index is 471. The Morgan fingerprint density at radius 2 is 1.83 bits per heavy atom. The number of carbonyl (C=O) groups excluding carboxylic acids is 3. The van der Waals surface area contributed by atoms with E-state index < -0.39 is 35.3 Å². The van der Waals surface area contributed by atoms with Gasteiger partial charge in [0, 0.05) is 19.8 Å². The van der Waals surface area contributed by atoms with Gasteiger partial charge in [0.2, 0.25) is 5.91 Å². The van der Waals surface area contributed by atoms with E-state index in [0.717, 1.165) is 5.06 Å². The smallest absolute Gasteiger partial charge is 0.334 e. The Morgan fingerprint density at radius 3 is 2.26 bits per heavy atom. The highest BCUT2D eigenvalue weighted by molar-refractivity contribution is 5.87. The zero-order chi connectivity index (χ0) is 17.8. The molecule has 0 unspecified atom stereocenters. The molecule has 8 heteroatoms. The zero-order valence-corrected chi connectivity index (χ0v) is 14.5. The highest BCUT2D eigenvalue weighted by Crippen LogP contribution is 2.38. The van der Waals surface area contributed by atoms with Gasteiger partial charge in [-0.1, -0.05) is 0 Å². The van der Waals surface area contributed by atoms with E-state index in [0.29, 0.717) is 0 Å². The normalized spacial score (nSPS) is 24.4. The highest BCUT2D eigenvalue weighted by atomic mass is 16.8. The van der Waals surface area contributed by atoms with E-state index in [1.807, 2.05) is 20.8 Å². The van der Waals surface area contributed by atoms with E-state index in [1.165, 1.54) is 21.1 Å². The second-order valence-corrected chi connectivity index (χ2v) is 6.38. The van der Waals surface area contributed by atoms with Crippen molar-refractivity contribution in [2.45, 2.75) is 64.4 Å². The molecule has 1 aliphatic rings. The Hall–Kier alpha value is -1.67. The lowest BCUT2D eigenvalue weighted by atomic mass is 9.89. The Labute approximate surface area is 135 Å². The summed E-state index contributed by atoms with van der Waals surface area (Å²) < 4.78 is 15.2. The quantitative estimate of drug-likeness (QED) is 0.698. The van der Waals surface area contributed by atoms with Crippen molar-refractivity contribution in [3.8, 4) is 0 Å². The van der Waals surface area contributed by atoms with Gasteiger partial charge in [0.25, 0.3) is 0 Å². The number of esters is 2. The van der Waals surface area contributed by atoms with Crippen LogP contribution < -0.4 is 0 Å². The molecule has 132 valence electrons. The second-order valence-electron chi connectivity index (χ2n) is 6.38. The van der Waals surface area contributed by atoms with Crippen LogP contribution in [0.15, 0.2) is 0 Å². The summed E-state index contributed by atoms with van der Waals surface area (Å²) in [4.78, 5) is 41.3. The van der Waals surface area contributed by atoms with Crippen LogP contribution >= 0.6 is 0 Å². The average Bonchev–Trinajstić information content (AvgIpc) is 2.81. The van der Waals surface area contributed by atoms with Crippen molar-refractivity contribution in [1.29, 1.82) is 0 Å². The van der Waals surface area contributed by atoms with Gasteiger partial charge in [0.1, 0.15) is 0 Å². The van der Waals surface area contributed by atoms with Crippen molar-refractivity contribution in [2.24, 2.45) is 0 Å². The third-order valence-electron chi connectivity index (χ3n) is 3.42. The molecule has 0 bridgehead atoms. The van der Waals surface area contributed by atoms with Crippen LogP contribution in [0.3, 0.4) is 0 Å². The summed E-state index contributed by atoms with van der Waals surface area (Å²) in [5.74, 6) is -1.62. The van der Waals surface area contributed by atoms with Crippen LogP contribution in [0.4, 0.5) is 0 Å². The van der Waals surface area contributed by atoms with Gasteiger partial charge in [-0.3, -0.25) is 9.59 Å². The predicted octanol–water partition coefficient (Wildman–Crippen LogP) is 1.18. The van der Waals surface area contributed by atoms with E-state index in [9.17, 15) is 14.4 Å². The molecule has 0 aromatic carbocycles. The second kappa shape index (κ2) is 7.27. The minimum Gasteiger partial charge on any atom is -0.469 e. The molecule has 0 N–H and O–H groups in total. The Balaban J connectivity index is 3.09. The molecule has 1 aliphatic heterocycles. The van der Waals surface area contributed by atoms with Crippen molar-refractivity contribution >= 4 is 17.8 Å². The number of amides is 1. The zero-order valence-electron chi connectivity index (χ0n) is 14.5. The van der Waals surface area contributed by atoms with Crippen molar-refractivity contribution < 1.29 is 33.4 Å². The first-order valence-corrected chi connectivity index (χ1v) is 7.36. The molecule has 0 aliphatic carbocycles. The largest absolute Gasteiger partial charge is 0.469 e. The maximum Gasteiger partial charge on any atom is 0.334 e. The Kier molecular flexibility index (Phi) is 6.12. The molecule has 0 aromatic rings. The Morgan fingerprint density at radius 1 is 1.22 bits per heavy atom. The molecule has 1 rings (SSSR count). The van der Waals surface area contributed by atoms with Crippen molar-refractivity contribution in [3.05, 3.63) is 0 Å². The first kappa shape index (κ1) is 19.4. The number of rotatable bonds is 5. The number of carbonyl (C=O) groups is 3. The van der Waals surface area contributed by atoms with E-state index >= 15 is 0 Å². The maximum atomic E-state index is 12.4. The van der Waals surface area contributed by atoms with Crippen LogP contribution in [0.25, 0.3) is 0 Å². The van der Waals surface area contributed by atoms with E-state index in [-0.39, 0.29) is 19.3 Å². The number of ether oxygens (including phenoxy) is 3.